The predicted octanol–water partition coefficient (Wildman–Crippen LogP) is 5.74. The van der Waals surface area contributed by atoms with Gasteiger partial charge in [0, 0.05) is 37.8 Å². The van der Waals surface area contributed by atoms with Gasteiger partial charge in [-0.2, -0.15) is 0 Å². The van der Waals surface area contributed by atoms with Gasteiger partial charge in [0.05, 0.1) is 17.9 Å². The monoisotopic (exact) mass is 531 g/mol. The first-order valence-electron chi connectivity index (χ1n) is 15.2. The lowest BCUT2D eigenvalue weighted by Crippen LogP contribution is -2.46. The van der Waals surface area contributed by atoms with Crippen molar-refractivity contribution < 1.29 is 0 Å². The fourth-order valence-corrected chi connectivity index (χ4v) is 7.02. The summed E-state index contributed by atoms with van der Waals surface area (Å²) in [5.41, 5.74) is 4.69. The number of nitrogens with zero attached hydrogens (tertiary/aromatic N) is 6. The second kappa shape index (κ2) is 12.4. The third-order valence-corrected chi connectivity index (χ3v) is 9.34. The van der Waals surface area contributed by atoms with Gasteiger partial charge in [-0.05, 0) is 84.8 Å². The Bertz CT molecular complexity index is 1200. The number of hydrogen-bond donors (Lipinski definition) is 1. The van der Waals surface area contributed by atoms with E-state index in [1.807, 2.05) is 6.20 Å². The van der Waals surface area contributed by atoms with Crippen LogP contribution in [0.15, 0.2) is 42.6 Å². The molecule has 0 spiro atoms. The molecular weight excluding hydrogens is 482 g/mol. The highest BCUT2D eigenvalue weighted by atomic mass is 15.3. The molecule has 7 heteroatoms. The first-order chi connectivity index (χ1) is 18.9. The Labute approximate surface area is 235 Å². The van der Waals surface area contributed by atoms with Gasteiger partial charge in [-0.15, -0.1) is 0 Å². The molecule has 2 fully saturated rings. The molecule has 39 heavy (non-hydrogen) atoms. The molecule has 5 rings (SSSR count). The maximum Gasteiger partial charge on any atom is 0.160 e. The Morgan fingerprint density at radius 3 is 2.51 bits per heavy atom. The number of aryl methyl sites for hydroxylation is 1. The van der Waals surface area contributed by atoms with E-state index in [9.17, 15) is 0 Å². The number of aromatic nitrogens is 3. The molecule has 3 aromatic rings. The van der Waals surface area contributed by atoms with Crippen molar-refractivity contribution in [1.29, 1.82) is 0 Å². The number of imidazole rings is 1. The number of likely N-dealkylation sites (N-methyl/N-ethyl adjacent to an activating group) is 1. The normalized spacial score (nSPS) is 24.2. The van der Waals surface area contributed by atoms with Crippen LogP contribution in [0.4, 0.5) is 5.69 Å². The standard InChI is InChI=1S/C32H49N7/c1-6-12-29(38-20-11-19-37(5)21-22-38)31-35-28-23-27(24-33-30(28)39(31)7-2)34-26-15-17-32(18-16-26,36(3)4)25-13-9-8-10-14-25/h8-10,13-14,23-24,26,29,34H,6-7,11-12,15-22H2,1-5H3. The molecule has 1 atom stereocenters. The number of benzene rings is 1. The highest BCUT2D eigenvalue weighted by Crippen LogP contribution is 2.41. The van der Waals surface area contributed by atoms with Crippen molar-refractivity contribution in [2.75, 3.05) is 52.6 Å². The van der Waals surface area contributed by atoms with Gasteiger partial charge in [0.15, 0.2) is 5.65 Å². The number of pyridine rings is 1. The third kappa shape index (κ3) is 5.86. The quantitative estimate of drug-likeness (QED) is 0.380. The molecule has 1 aromatic carbocycles. The molecule has 2 aliphatic rings. The lowest BCUT2D eigenvalue weighted by molar-refractivity contribution is 0.0945. The summed E-state index contributed by atoms with van der Waals surface area (Å²) >= 11 is 0. The van der Waals surface area contributed by atoms with Crippen LogP contribution in [0.1, 0.15) is 76.2 Å². The zero-order valence-corrected chi connectivity index (χ0v) is 24.9. The summed E-state index contributed by atoms with van der Waals surface area (Å²) in [5.74, 6) is 1.19. The first kappa shape index (κ1) is 28.1. The van der Waals surface area contributed by atoms with E-state index in [1.54, 1.807) is 0 Å². The van der Waals surface area contributed by atoms with E-state index in [0.29, 0.717) is 12.1 Å². The van der Waals surface area contributed by atoms with Gasteiger partial charge in [-0.25, -0.2) is 9.97 Å². The van der Waals surface area contributed by atoms with E-state index < -0.39 is 0 Å². The summed E-state index contributed by atoms with van der Waals surface area (Å²) in [6.07, 6.45) is 10.1. The van der Waals surface area contributed by atoms with E-state index in [2.05, 4.69) is 96.0 Å². The van der Waals surface area contributed by atoms with Gasteiger partial charge in [0.25, 0.3) is 0 Å². The van der Waals surface area contributed by atoms with Crippen molar-refractivity contribution in [3.63, 3.8) is 0 Å². The van der Waals surface area contributed by atoms with Crippen LogP contribution in [0.2, 0.25) is 0 Å². The number of rotatable bonds is 9. The van der Waals surface area contributed by atoms with Crippen LogP contribution in [0.3, 0.4) is 0 Å². The Kier molecular flexibility index (Phi) is 8.89. The fourth-order valence-electron chi connectivity index (χ4n) is 7.02. The average Bonchev–Trinajstić information content (AvgIpc) is 3.17. The summed E-state index contributed by atoms with van der Waals surface area (Å²) in [4.78, 5) is 17.8. The topological polar surface area (TPSA) is 52.5 Å². The predicted molar refractivity (Wildman–Crippen MR) is 162 cm³/mol. The molecule has 0 amide bonds. The van der Waals surface area contributed by atoms with E-state index in [-0.39, 0.29) is 5.54 Å². The Morgan fingerprint density at radius 1 is 1.05 bits per heavy atom. The molecule has 1 aliphatic carbocycles. The third-order valence-electron chi connectivity index (χ3n) is 9.34. The zero-order chi connectivity index (χ0) is 27.4. The average molecular weight is 532 g/mol. The van der Waals surface area contributed by atoms with Crippen molar-refractivity contribution in [1.82, 2.24) is 29.2 Å². The maximum atomic E-state index is 5.27. The lowest BCUT2D eigenvalue weighted by Gasteiger charge is -2.46. The highest BCUT2D eigenvalue weighted by molar-refractivity contribution is 5.76. The highest BCUT2D eigenvalue weighted by Gasteiger charge is 2.38. The maximum absolute atomic E-state index is 5.27. The summed E-state index contributed by atoms with van der Waals surface area (Å²) in [6.45, 7) is 9.97. The number of hydrogen-bond acceptors (Lipinski definition) is 6. The summed E-state index contributed by atoms with van der Waals surface area (Å²) < 4.78 is 2.36. The second-order valence-electron chi connectivity index (χ2n) is 12.0. The smallest absolute Gasteiger partial charge is 0.160 e. The van der Waals surface area contributed by atoms with Crippen LogP contribution in [-0.4, -0.2) is 82.6 Å². The molecular formula is C32H49N7. The molecule has 2 aromatic heterocycles. The molecule has 1 unspecified atom stereocenters. The van der Waals surface area contributed by atoms with Crippen LogP contribution in [-0.2, 0) is 12.1 Å². The molecule has 1 saturated heterocycles. The molecule has 1 saturated carbocycles. The SMILES string of the molecule is CCCC(c1nc2cc(NC3CCC(c4ccccc4)(N(C)C)CC3)cnc2n1CC)N1CCCN(C)CC1. The number of fused-ring (bicyclic) bond motifs is 1. The van der Waals surface area contributed by atoms with Crippen LogP contribution in [0.5, 0.6) is 0 Å². The number of nitrogens with one attached hydrogen (secondary N) is 1. The number of anilines is 1. The Morgan fingerprint density at radius 2 is 1.82 bits per heavy atom. The van der Waals surface area contributed by atoms with Crippen LogP contribution in [0, 0.1) is 0 Å². The molecule has 212 valence electrons. The van der Waals surface area contributed by atoms with Crippen LogP contribution < -0.4 is 5.32 Å². The lowest BCUT2D eigenvalue weighted by atomic mass is 9.74. The molecule has 1 N–H and O–H groups in total. The van der Waals surface area contributed by atoms with Crippen molar-refractivity contribution in [3.05, 3.63) is 54.0 Å². The van der Waals surface area contributed by atoms with Gasteiger partial charge in [-0.3, -0.25) is 9.80 Å². The van der Waals surface area contributed by atoms with Crippen LogP contribution >= 0.6 is 0 Å². The minimum absolute atomic E-state index is 0.118. The molecule has 3 heterocycles. The van der Waals surface area contributed by atoms with Gasteiger partial charge >= 0.3 is 0 Å². The van der Waals surface area contributed by atoms with Gasteiger partial charge in [-0.1, -0.05) is 43.7 Å². The van der Waals surface area contributed by atoms with E-state index in [4.69, 9.17) is 9.97 Å². The van der Waals surface area contributed by atoms with Crippen molar-refractivity contribution in [2.45, 2.75) is 83.0 Å². The van der Waals surface area contributed by atoms with Crippen molar-refractivity contribution >= 4 is 16.9 Å². The first-order valence-corrected chi connectivity index (χ1v) is 15.2. The summed E-state index contributed by atoms with van der Waals surface area (Å²) in [5, 5.41) is 3.83. The van der Waals surface area contributed by atoms with E-state index in [0.717, 1.165) is 81.6 Å². The molecule has 0 bridgehead atoms. The molecule has 1 aliphatic heterocycles. The molecule has 0 radical (unpaired) electrons. The Balaban J connectivity index is 1.34. The summed E-state index contributed by atoms with van der Waals surface area (Å²) in [6, 6.07) is 14.1. The van der Waals surface area contributed by atoms with Crippen molar-refractivity contribution in [2.24, 2.45) is 0 Å². The van der Waals surface area contributed by atoms with Gasteiger partial charge < -0.3 is 14.8 Å². The van der Waals surface area contributed by atoms with E-state index in [1.165, 1.54) is 24.4 Å². The second-order valence-corrected chi connectivity index (χ2v) is 12.0. The molecule has 7 nitrogen and oxygen atoms in total. The minimum atomic E-state index is 0.118. The van der Waals surface area contributed by atoms with Crippen molar-refractivity contribution in [3.8, 4) is 0 Å². The zero-order valence-electron chi connectivity index (χ0n) is 24.9. The van der Waals surface area contributed by atoms with E-state index >= 15 is 0 Å². The Hall–Kier alpha value is -2.48. The van der Waals surface area contributed by atoms with Gasteiger partial charge in [0.1, 0.15) is 11.3 Å². The largest absolute Gasteiger partial charge is 0.381 e. The summed E-state index contributed by atoms with van der Waals surface area (Å²) in [7, 11) is 6.71. The van der Waals surface area contributed by atoms with Gasteiger partial charge in [0.2, 0.25) is 0 Å². The van der Waals surface area contributed by atoms with Crippen LogP contribution in [0.25, 0.3) is 11.2 Å². The minimum Gasteiger partial charge on any atom is -0.381 e. The fraction of sp³-hybridized carbons (Fsp3) is 0.625.